The van der Waals surface area contributed by atoms with Gasteiger partial charge in [0.25, 0.3) is 0 Å². The van der Waals surface area contributed by atoms with Gasteiger partial charge in [-0.1, -0.05) is 6.07 Å². The highest BCUT2D eigenvalue weighted by atomic mass is 16.6. The second-order valence-electron chi connectivity index (χ2n) is 2.83. The van der Waals surface area contributed by atoms with Gasteiger partial charge in [0, 0.05) is 18.2 Å². The molecule has 1 aliphatic rings. The molecule has 0 saturated carbocycles. The second-order valence-corrected chi connectivity index (χ2v) is 2.83. The van der Waals surface area contributed by atoms with Gasteiger partial charge >= 0.3 is 0 Å². The van der Waals surface area contributed by atoms with E-state index < -0.39 is 0 Å². The third kappa shape index (κ3) is 1.56. The van der Waals surface area contributed by atoms with Crippen molar-refractivity contribution in [2.45, 2.75) is 12.5 Å². The lowest BCUT2D eigenvalue weighted by molar-refractivity contribution is 0.380. The van der Waals surface area contributed by atoms with Gasteiger partial charge in [-0.2, -0.15) is 0 Å². The Morgan fingerprint density at radius 2 is 2.58 bits per heavy atom. The maximum absolute atomic E-state index is 5.13. The lowest BCUT2D eigenvalue weighted by atomic mass is 10.1. The zero-order chi connectivity index (χ0) is 8.39. The average molecular weight is 165 g/mol. The van der Waals surface area contributed by atoms with Gasteiger partial charge in [0.1, 0.15) is 0 Å². The van der Waals surface area contributed by atoms with Crippen molar-refractivity contribution in [3.63, 3.8) is 0 Å². The standard InChI is InChI=1S/C9H11NO2/c1-11-9-7(3-2-4-10-9)5-8-6-12-8/h2-4,8H,5-6H2,1H3. The van der Waals surface area contributed by atoms with Crippen LogP contribution in [0.25, 0.3) is 0 Å². The third-order valence-corrected chi connectivity index (χ3v) is 1.89. The maximum Gasteiger partial charge on any atom is 0.216 e. The molecule has 3 heteroatoms. The molecule has 1 aliphatic heterocycles. The van der Waals surface area contributed by atoms with Crippen molar-refractivity contribution in [1.82, 2.24) is 4.98 Å². The summed E-state index contributed by atoms with van der Waals surface area (Å²) < 4.78 is 10.2. The molecule has 0 radical (unpaired) electrons. The number of ether oxygens (including phenoxy) is 2. The molecule has 12 heavy (non-hydrogen) atoms. The molecular weight excluding hydrogens is 154 g/mol. The summed E-state index contributed by atoms with van der Waals surface area (Å²) in [6, 6.07) is 3.94. The summed E-state index contributed by atoms with van der Waals surface area (Å²) in [6.45, 7) is 0.873. The molecule has 0 aromatic carbocycles. The normalized spacial score (nSPS) is 20.6. The fourth-order valence-electron chi connectivity index (χ4n) is 1.19. The van der Waals surface area contributed by atoms with Crippen LogP contribution < -0.4 is 4.74 Å². The lowest BCUT2D eigenvalue weighted by Crippen LogP contribution is -1.98. The van der Waals surface area contributed by atoms with Crippen LogP contribution in [0.3, 0.4) is 0 Å². The van der Waals surface area contributed by atoms with Crippen LogP contribution in [-0.4, -0.2) is 24.8 Å². The van der Waals surface area contributed by atoms with E-state index in [9.17, 15) is 0 Å². The molecule has 0 amide bonds. The van der Waals surface area contributed by atoms with Gasteiger partial charge in [0.2, 0.25) is 5.88 Å². The molecule has 0 aliphatic carbocycles. The quantitative estimate of drug-likeness (QED) is 0.627. The highest BCUT2D eigenvalue weighted by Crippen LogP contribution is 2.21. The number of epoxide rings is 1. The Labute approximate surface area is 71.3 Å². The molecule has 0 bridgehead atoms. The summed E-state index contributed by atoms with van der Waals surface area (Å²) in [4.78, 5) is 4.10. The number of pyridine rings is 1. The molecule has 2 rings (SSSR count). The summed E-state index contributed by atoms with van der Waals surface area (Å²) >= 11 is 0. The van der Waals surface area contributed by atoms with Crippen molar-refractivity contribution in [2.75, 3.05) is 13.7 Å². The minimum Gasteiger partial charge on any atom is -0.481 e. The predicted molar refractivity (Wildman–Crippen MR) is 44.2 cm³/mol. The van der Waals surface area contributed by atoms with Gasteiger partial charge in [-0.05, 0) is 6.07 Å². The van der Waals surface area contributed by atoms with Gasteiger partial charge in [0.05, 0.1) is 19.8 Å². The van der Waals surface area contributed by atoms with E-state index >= 15 is 0 Å². The van der Waals surface area contributed by atoms with Crippen LogP contribution in [0.4, 0.5) is 0 Å². The molecule has 2 heterocycles. The van der Waals surface area contributed by atoms with Crippen molar-refractivity contribution in [3.05, 3.63) is 23.9 Å². The van der Waals surface area contributed by atoms with Gasteiger partial charge in [-0.25, -0.2) is 4.98 Å². The van der Waals surface area contributed by atoms with E-state index in [0.717, 1.165) is 18.6 Å². The van der Waals surface area contributed by atoms with E-state index in [4.69, 9.17) is 9.47 Å². The first-order valence-electron chi connectivity index (χ1n) is 3.99. The summed E-state index contributed by atoms with van der Waals surface area (Å²) in [7, 11) is 1.64. The molecule has 1 aromatic rings. The van der Waals surface area contributed by atoms with Gasteiger partial charge < -0.3 is 9.47 Å². The van der Waals surface area contributed by atoms with Crippen LogP contribution in [0, 0.1) is 0 Å². The molecule has 1 fully saturated rings. The largest absolute Gasteiger partial charge is 0.481 e. The number of rotatable bonds is 3. The minimum absolute atomic E-state index is 0.392. The minimum atomic E-state index is 0.392. The summed E-state index contributed by atoms with van der Waals surface area (Å²) in [6.07, 6.45) is 3.04. The van der Waals surface area contributed by atoms with Gasteiger partial charge in [-0.3, -0.25) is 0 Å². The first-order chi connectivity index (χ1) is 5.90. The van der Waals surface area contributed by atoms with Crippen LogP contribution >= 0.6 is 0 Å². The molecule has 3 nitrogen and oxygen atoms in total. The molecular formula is C9H11NO2. The number of hydrogen-bond donors (Lipinski definition) is 0. The van der Waals surface area contributed by atoms with E-state index in [1.54, 1.807) is 13.3 Å². The number of hydrogen-bond acceptors (Lipinski definition) is 3. The van der Waals surface area contributed by atoms with Crippen molar-refractivity contribution in [1.29, 1.82) is 0 Å². The maximum atomic E-state index is 5.13. The molecule has 1 unspecified atom stereocenters. The van der Waals surface area contributed by atoms with Crippen LogP contribution in [0.2, 0.25) is 0 Å². The van der Waals surface area contributed by atoms with E-state index in [1.165, 1.54) is 0 Å². The van der Waals surface area contributed by atoms with E-state index in [-0.39, 0.29) is 0 Å². The monoisotopic (exact) mass is 165 g/mol. The fraction of sp³-hybridized carbons (Fsp3) is 0.444. The van der Waals surface area contributed by atoms with E-state index in [0.29, 0.717) is 12.0 Å². The molecule has 0 N–H and O–H groups in total. The highest BCUT2D eigenvalue weighted by Gasteiger charge is 2.24. The Bertz CT molecular complexity index is 271. The van der Waals surface area contributed by atoms with Crippen LogP contribution in [0.1, 0.15) is 5.56 Å². The third-order valence-electron chi connectivity index (χ3n) is 1.89. The van der Waals surface area contributed by atoms with Gasteiger partial charge in [0.15, 0.2) is 0 Å². The van der Waals surface area contributed by atoms with Crippen molar-refractivity contribution in [3.8, 4) is 5.88 Å². The van der Waals surface area contributed by atoms with Crippen molar-refractivity contribution in [2.24, 2.45) is 0 Å². The Kier molecular flexibility index (Phi) is 1.96. The molecule has 64 valence electrons. The number of aromatic nitrogens is 1. The SMILES string of the molecule is COc1ncccc1CC1CO1. The van der Waals surface area contributed by atoms with Crippen LogP contribution in [-0.2, 0) is 11.2 Å². The smallest absolute Gasteiger partial charge is 0.216 e. The van der Waals surface area contributed by atoms with Crippen LogP contribution in [0.5, 0.6) is 5.88 Å². The summed E-state index contributed by atoms with van der Waals surface area (Å²) in [5, 5.41) is 0. The molecule has 1 saturated heterocycles. The second kappa shape index (κ2) is 3.11. The Hall–Kier alpha value is -1.09. The zero-order valence-electron chi connectivity index (χ0n) is 6.99. The Morgan fingerprint density at radius 1 is 1.75 bits per heavy atom. The molecule has 1 aromatic heterocycles. The fourth-order valence-corrected chi connectivity index (χ4v) is 1.19. The highest BCUT2D eigenvalue weighted by molar-refractivity contribution is 5.26. The first-order valence-corrected chi connectivity index (χ1v) is 3.99. The van der Waals surface area contributed by atoms with Crippen LogP contribution in [0.15, 0.2) is 18.3 Å². The molecule has 0 spiro atoms. The first kappa shape index (κ1) is 7.55. The molecule has 1 atom stereocenters. The van der Waals surface area contributed by atoms with E-state index in [1.807, 2.05) is 12.1 Å². The predicted octanol–water partition coefficient (Wildman–Crippen LogP) is 1.03. The topological polar surface area (TPSA) is 34.6 Å². The lowest BCUT2D eigenvalue weighted by Gasteiger charge is -2.03. The van der Waals surface area contributed by atoms with Crippen molar-refractivity contribution < 1.29 is 9.47 Å². The van der Waals surface area contributed by atoms with E-state index in [2.05, 4.69) is 4.98 Å². The van der Waals surface area contributed by atoms with Gasteiger partial charge in [-0.15, -0.1) is 0 Å². The Morgan fingerprint density at radius 3 is 3.25 bits per heavy atom. The zero-order valence-corrected chi connectivity index (χ0v) is 6.99. The van der Waals surface area contributed by atoms with Crippen molar-refractivity contribution >= 4 is 0 Å². The number of nitrogens with zero attached hydrogens (tertiary/aromatic N) is 1. The average Bonchev–Trinajstić information content (AvgIpc) is 2.89. The number of methoxy groups -OCH3 is 1. The Balaban J connectivity index is 2.15. The summed E-state index contributed by atoms with van der Waals surface area (Å²) in [5.41, 5.74) is 1.13. The summed E-state index contributed by atoms with van der Waals surface area (Å²) in [5.74, 6) is 0.716.